The first-order valence-corrected chi connectivity index (χ1v) is 11.6. The number of halogens is 1. The van der Waals surface area contributed by atoms with Crippen LogP contribution in [0.2, 0.25) is 0 Å². The fourth-order valence-corrected chi connectivity index (χ4v) is 5.07. The largest absolute Gasteiger partial charge is 0.351 e. The van der Waals surface area contributed by atoms with Crippen molar-refractivity contribution in [1.29, 1.82) is 0 Å². The van der Waals surface area contributed by atoms with Crippen LogP contribution in [0.4, 0.5) is 4.39 Å². The number of nitrogens with zero attached hydrogens (tertiary/aromatic N) is 2. The summed E-state index contributed by atoms with van der Waals surface area (Å²) in [6.45, 7) is 4.98. The molecule has 2 amide bonds. The predicted octanol–water partition coefficient (Wildman–Crippen LogP) is 3.77. The molecule has 0 radical (unpaired) electrons. The summed E-state index contributed by atoms with van der Waals surface area (Å²) < 4.78 is 13.5. The van der Waals surface area contributed by atoms with Crippen LogP contribution in [-0.4, -0.2) is 53.8 Å². The first kappa shape index (κ1) is 22.5. The van der Waals surface area contributed by atoms with Gasteiger partial charge in [-0.25, -0.2) is 4.39 Å². The van der Waals surface area contributed by atoms with Crippen molar-refractivity contribution < 1.29 is 14.0 Å². The van der Waals surface area contributed by atoms with Crippen LogP contribution in [0.1, 0.15) is 47.2 Å². The quantitative estimate of drug-likeness (QED) is 0.749. The Morgan fingerprint density at radius 3 is 2.44 bits per heavy atom. The van der Waals surface area contributed by atoms with E-state index >= 15 is 0 Å². The molecular formula is C26H32FN3O2. The first-order chi connectivity index (χ1) is 15.5. The third-order valence-corrected chi connectivity index (χ3v) is 6.73. The number of hydrogen-bond acceptors (Lipinski definition) is 3. The number of carbonyl (C=O) groups is 2. The number of amides is 2. The molecule has 1 saturated heterocycles. The molecule has 0 unspecified atom stereocenters. The van der Waals surface area contributed by atoms with E-state index in [4.69, 9.17) is 0 Å². The van der Waals surface area contributed by atoms with E-state index < -0.39 is 5.82 Å². The van der Waals surface area contributed by atoms with Gasteiger partial charge in [-0.1, -0.05) is 48.7 Å². The number of benzene rings is 2. The molecule has 1 atom stereocenters. The lowest BCUT2D eigenvalue weighted by Crippen LogP contribution is -2.57. The maximum Gasteiger partial charge on any atom is 0.254 e. The Morgan fingerprint density at radius 1 is 1.03 bits per heavy atom. The van der Waals surface area contributed by atoms with Gasteiger partial charge in [0, 0.05) is 38.3 Å². The highest BCUT2D eigenvalue weighted by molar-refractivity contribution is 5.94. The van der Waals surface area contributed by atoms with Crippen LogP contribution in [0.25, 0.3) is 0 Å². The Balaban J connectivity index is 1.39. The van der Waals surface area contributed by atoms with Crippen LogP contribution in [0.3, 0.4) is 0 Å². The molecule has 6 heteroatoms. The van der Waals surface area contributed by atoms with Crippen LogP contribution < -0.4 is 5.32 Å². The smallest absolute Gasteiger partial charge is 0.254 e. The minimum atomic E-state index is -0.402. The maximum atomic E-state index is 13.5. The van der Waals surface area contributed by atoms with Gasteiger partial charge in [0.25, 0.3) is 5.91 Å². The highest BCUT2D eigenvalue weighted by Gasteiger charge is 2.37. The standard InChI is InChI=1S/C26H32FN3O2/c1-19-6-4-7-20(16-19)18-28-25(31)24(21-8-2-3-9-21)29-12-14-30(15-13-29)26(32)22-10-5-11-23(27)17-22/h4-7,10-11,16-17,21,24H,2-3,8-9,12-15,18H2,1H3,(H,28,31)/t24-/m0/s1. The Hall–Kier alpha value is -2.73. The van der Waals surface area contributed by atoms with Crippen molar-refractivity contribution in [2.75, 3.05) is 26.2 Å². The zero-order chi connectivity index (χ0) is 22.5. The summed E-state index contributed by atoms with van der Waals surface area (Å²) >= 11 is 0. The molecule has 0 spiro atoms. The minimum Gasteiger partial charge on any atom is -0.351 e. The highest BCUT2D eigenvalue weighted by Crippen LogP contribution is 2.31. The van der Waals surface area contributed by atoms with Crippen LogP contribution in [0.5, 0.6) is 0 Å². The summed E-state index contributed by atoms with van der Waals surface area (Å²) in [4.78, 5) is 30.1. The predicted molar refractivity (Wildman–Crippen MR) is 123 cm³/mol. The molecule has 2 aliphatic rings. The highest BCUT2D eigenvalue weighted by atomic mass is 19.1. The van der Waals surface area contributed by atoms with Crippen molar-refractivity contribution in [3.8, 4) is 0 Å². The van der Waals surface area contributed by atoms with Gasteiger partial charge in [0.1, 0.15) is 5.82 Å². The van der Waals surface area contributed by atoms with E-state index in [1.54, 1.807) is 17.0 Å². The molecule has 1 heterocycles. The third kappa shape index (κ3) is 5.36. The van der Waals surface area contributed by atoms with Crippen molar-refractivity contribution in [1.82, 2.24) is 15.1 Å². The van der Waals surface area contributed by atoms with Crippen molar-refractivity contribution in [2.45, 2.75) is 45.2 Å². The Bertz CT molecular complexity index is 950. The van der Waals surface area contributed by atoms with Crippen molar-refractivity contribution in [2.24, 2.45) is 5.92 Å². The molecule has 170 valence electrons. The molecule has 1 saturated carbocycles. The number of piperazine rings is 1. The van der Waals surface area contributed by atoms with E-state index in [1.165, 1.54) is 30.5 Å². The molecule has 0 bridgehead atoms. The van der Waals surface area contributed by atoms with E-state index in [0.29, 0.717) is 44.2 Å². The van der Waals surface area contributed by atoms with Crippen molar-refractivity contribution >= 4 is 11.8 Å². The van der Waals surface area contributed by atoms with E-state index in [9.17, 15) is 14.0 Å². The second kappa shape index (κ2) is 10.3. The lowest BCUT2D eigenvalue weighted by Gasteiger charge is -2.40. The van der Waals surface area contributed by atoms with Gasteiger partial charge in [-0.3, -0.25) is 14.5 Å². The number of rotatable bonds is 6. The number of nitrogens with one attached hydrogen (secondary N) is 1. The van der Waals surface area contributed by atoms with E-state index in [1.807, 2.05) is 12.1 Å². The molecule has 2 aromatic rings. The fourth-order valence-electron chi connectivity index (χ4n) is 5.07. The van der Waals surface area contributed by atoms with E-state index in [-0.39, 0.29) is 17.9 Å². The molecule has 1 aliphatic heterocycles. The van der Waals surface area contributed by atoms with Crippen LogP contribution in [0, 0.1) is 18.7 Å². The normalized spacial score (nSPS) is 18.5. The van der Waals surface area contributed by atoms with Gasteiger partial charge in [-0.05, 0) is 49.4 Å². The molecule has 4 rings (SSSR count). The minimum absolute atomic E-state index is 0.0864. The molecule has 0 aromatic heterocycles. The second-order valence-corrected chi connectivity index (χ2v) is 9.03. The number of aryl methyl sites for hydroxylation is 1. The maximum absolute atomic E-state index is 13.5. The SMILES string of the molecule is Cc1cccc(CNC(=O)[C@H](C2CCCC2)N2CCN(C(=O)c3cccc(F)c3)CC2)c1. The summed E-state index contributed by atoms with van der Waals surface area (Å²) in [5.74, 6) is -0.104. The molecule has 32 heavy (non-hydrogen) atoms. The summed E-state index contributed by atoms with van der Waals surface area (Å²) in [6.07, 6.45) is 4.49. The number of hydrogen-bond donors (Lipinski definition) is 1. The van der Waals surface area contributed by atoms with Crippen molar-refractivity contribution in [3.63, 3.8) is 0 Å². The lowest BCUT2D eigenvalue weighted by atomic mass is 9.94. The topological polar surface area (TPSA) is 52.7 Å². The summed E-state index contributed by atoms with van der Waals surface area (Å²) in [7, 11) is 0. The molecule has 1 aliphatic carbocycles. The zero-order valence-electron chi connectivity index (χ0n) is 18.7. The van der Waals surface area contributed by atoms with E-state index in [0.717, 1.165) is 18.4 Å². The van der Waals surface area contributed by atoms with Gasteiger partial charge in [0.2, 0.25) is 5.91 Å². The molecule has 5 nitrogen and oxygen atoms in total. The van der Waals surface area contributed by atoms with Gasteiger partial charge < -0.3 is 10.2 Å². The van der Waals surface area contributed by atoms with Crippen LogP contribution in [0.15, 0.2) is 48.5 Å². The Morgan fingerprint density at radius 2 is 1.75 bits per heavy atom. The van der Waals surface area contributed by atoms with Crippen molar-refractivity contribution in [3.05, 3.63) is 71.0 Å². The van der Waals surface area contributed by atoms with Crippen LogP contribution >= 0.6 is 0 Å². The van der Waals surface area contributed by atoms with Gasteiger partial charge in [0.05, 0.1) is 6.04 Å². The molecular weight excluding hydrogens is 405 g/mol. The first-order valence-electron chi connectivity index (χ1n) is 11.6. The van der Waals surface area contributed by atoms with Gasteiger partial charge in [0.15, 0.2) is 0 Å². The summed E-state index contributed by atoms with van der Waals surface area (Å²) in [5, 5.41) is 3.16. The Kier molecular flexibility index (Phi) is 7.20. The van der Waals surface area contributed by atoms with Crippen LogP contribution in [-0.2, 0) is 11.3 Å². The molecule has 1 N–H and O–H groups in total. The fraction of sp³-hybridized carbons (Fsp3) is 0.462. The third-order valence-electron chi connectivity index (χ3n) is 6.73. The zero-order valence-corrected chi connectivity index (χ0v) is 18.7. The summed E-state index contributed by atoms with van der Waals surface area (Å²) in [6, 6.07) is 13.9. The number of carbonyl (C=O) groups excluding carboxylic acids is 2. The Labute approximate surface area is 189 Å². The second-order valence-electron chi connectivity index (χ2n) is 9.03. The van der Waals surface area contributed by atoms with Gasteiger partial charge in [-0.2, -0.15) is 0 Å². The molecule has 2 fully saturated rings. The monoisotopic (exact) mass is 437 g/mol. The average molecular weight is 438 g/mol. The van der Waals surface area contributed by atoms with Gasteiger partial charge >= 0.3 is 0 Å². The summed E-state index contributed by atoms with van der Waals surface area (Å²) in [5.41, 5.74) is 2.67. The average Bonchev–Trinajstić information content (AvgIpc) is 3.32. The molecule has 2 aromatic carbocycles. The van der Waals surface area contributed by atoms with E-state index in [2.05, 4.69) is 29.3 Å². The van der Waals surface area contributed by atoms with Gasteiger partial charge in [-0.15, -0.1) is 0 Å². The lowest BCUT2D eigenvalue weighted by molar-refractivity contribution is -0.129.